The fraction of sp³-hybridized carbons (Fsp3) is 0.353. The zero-order valence-corrected chi connectivity index (χ0v) is 11.7. The van der Waals surface area contributed by atoms with E-state index in [4.69, 9.17) is 0 Å². The summed E-state index contributed by atoms with van der Waals surface area (Å²) in [6.07, 6.45) is 7.28. The lowest BCUT2D eigenvalue weighted by Gasteiger charge is -2.24. The molecule has 1 aromatic carbocycles. The summed E-state index contributed by atoms with van der Waals surface area (Å²) in [5.74, 6) is 0.711. The number of ketones is 1. The van der Waals surface area contributed by atoms with Gasteiger partial charge in [0.15, 0.2) is 5.82 Å². The predicted molar refractivity (Wildman–Crippen MR) is 77.8 cm³/mol. The molecule has 3 nitrogen and oxygen atoms in total. The molecular formula is C17H18N2O. The van der Waals surface area contributed by atoms with Gasteiger partial charge in [-0.2, -0.15) is 0 Å². The van der Waals surface area contributed by atoms with Crippen LogP contribution in [0.15, 0.2) is 36.7 Å². The lowest BCUT2D eigenvalue weighted by Crippen LogP contribution is -2.15. The van der Waals surface area contributed by atoms with Gasteiger partial charge in [0.05, 0.1) is 0 Å². The molecule has 0 fully saturated rings. The fourth-order valence-corrected chi connectivity index (χ4v) is 2.92. The van der Waals surface area contributed by atoms with Crippen LogP contribution in [0.2, 0.25) is 0 Å². The van der Waals surface area contributed by atoms with Gasteiger partial charge < -0.3 is 0 Å². The first-order valence-electron chi connectivity index (χ1n) is 7.13. The van der Waals surface area contributed by atoms with Crippen molar-refractivity contribution in [2.45, 2.75) is 38.5 Å². The Hall–Kier alpha value is -2.03. The molecular weight excluding hydrogens is 248 g/mol. The number of carbonyl (C=O) groups is 1. The summed E-state index contributed by atoms with van der Waals surface area (Å²) in [7, 11) is 0. The van der Waals surface area contributed by atoms with Crippen LogP contribution in [-0.4, -0.2) is 15.8 Å². The third-order valence-electron chi connectivity index (χ3n) is 3.96. The third kappa shape index (κ3) is 2.62. The van der Waals surface area contributed by atoms with E-state index in [1.807, 2.05) is 6.92 Å². The van der Waals surface area contributed by atoms with Crippen molar-refractivity contribution in [3.05, 3.63) is 59.2 Å². The first-order valence-corrected chi connectivity index (χ1v) is 7.13. The molecule has 1 aliphatic carbocycles. The second-order valence-electron chi connectivity index (χ2n) is 5.50. The molecule has 20 heavy (non-hydrogen) atoms. The Morgan fingerprint density at radius 2 is 2.00 bits per heavy atom. The van der Waals surface area contributed by atoms with Crippen LogP contribution in [0.4, 0.5) is 0 Å². The lowest BCUT2D eigenvalue weighted by atomic mass is 9.80. The van der Waals surface area contributed by atoms with Crippen LogP contribution >= 0.6 is 0 Å². The van der Waals surface area contributed by atoms with Gasteiger partial charge in [-0.05, 0) is 48.8 Å². The van der Waals surface area contributed by atoms with E-state index in [1.165, 1.54) is 11.1 Å². The van der Waals surface area contributed by atoms with Crippen LogP contribution in [-0.2, 0) is 6.42 Å². The highest BCUT2D eigenvalue weighted by Crippen LogP contribution is 2.34. The Morgan fingerprint density at radius 1 is 1.25 bits per heavy atom. The Kier molecular flexibility index (Phi) is 3.59. The van der Waals surface area contributed by atoms with Gasteiger partial charge in [0.25, 0.3) is 0 Å². The molecule has 1 atom stereocenters. The summed E-state index contributed by atoms with van der Waals surface area (Å²) in [6, 6.07) is 8.47. The zero-order chi connectivity index (χ0) is 13.9. The Bertz CT molecular complexity index is 619. The first-order chi connectivity index (χ1) is 9.74. The summed E-state index contributed by atoms with van der Waals surface area (Å²) in [6.45, 7) is 1.92. The number of rotatable bonds is 3. The maximum Gasteiger partial charge on any atom is 0.200 e. The van der Waals surface area contributed by atoms with Crippen LogP contribution in [0.3, 0.4) is 0 Å². The number of nitrogens with zero attached hydrogens (tertiary/aromatic N) is 2. The average molecular weight is 266 g/mol. The van der Waals surface area contributed by atoms with Crippen molar-refractivity contribution in [3.63, 3.8) is 0 Å². The number of hydrogen-bond donors (Lipinski definition) is 0. The van der Waals surface area contributed by atoms with Gasteiger partial charge in [0, 0.05) is 18.8 Å². The number of carbonyl (C=O) groups excluding carboxylic acids is 1. The Labute approximate surface area is 119 Å². The largest absolute Gasteiger partial charge is 0.291 e. The van der Waals surface area contributed by atoms with Crippen molar-refractivity contribution in [1.82, 2.24) is 9.97 Å². The highest BCUT2D eigenvalue weighted by molar-refractivity contribution is 5.93. The summed E-state index contributed by atoms with van der Waals surface area (Å²) >= 11 is 0. The van der Waals surface area contributed by atoms with Gasteiger partial charge in [0.2, 0.25) is 5.78 Å². The molecule has 0 radical (unpaired) electrons. The van der Waals surface area contributed by atoms with Crippen molar-refractivity contribution in [1.29, 1.82) is 0 Å². The van der Waals surface area contributed by atoms with E-state index < -0.39 is 0 Å². The van der Waals surface area contributed by atoms with Crippen LogP contribution in [0.1, 0.15) is 52.5 Å². The third-order valence-corrected chi connectivity index (χ3v) is 3.96. The van der Waals surface area contributed by atoms with Crippen molar-refractivity contribution >= 4 is 5.78 Å². The van der Waals surface area contributed by atoms with Gasteiger partial charge in [-0.3, -0.25) is 4.79 Å². The number of fused-ring (bicyclic) bond motifs is 1. The van der Waals surface area contributed by atoms with Gasteiger partial charge in [-0.15, -0.1) is 0 Å². The number of Topliss-reactive ketones (excluding diaryl/α,β-unsaturated/α-hetero) is 1. The molecule has 0 aliphatic heterocycles. The standard InChI is InChI=1S/C17H18N2O/c1-12-10-18-17(19-11-12)16(20)9-14-7-4-6-13-5-2-3-8-15(13)14/h2-3,5,8,10-11,14H,4,6-7,9H2,1H3. The SMILES string of the molecule is Cc1cnc(C(=O)CC2CCCc3ccccc32)nc1. The minimum atomic E-state index is 0.0479. The number of aromatic nitrogens is 2. The van der Waals surface area contributed by atoms with Crippen LogP contribution < -0.4 is 0 Å². The summed E-state index contributed by atoms with van der Waals surface area (Å²) < 4.78 is 0. The lowest BCUT2D eigenvalue weighted by molar-refractivity contribution is 0.0961. The van der Waals surface area contributed by atoms with Crippen LogP contribution in [0.5, 0.6) is 0 Å². The van der Waals surface area contributed by atoms with Crippen LogP contribution in [0, 0.1) is 6.92 Å². The fourth-order valence-electron chi connectivity index (χ4n) is 2.92. The van der Waals surface area contributed by atoms with Crippen molar-refractivity contribution in [2.75, 3.05) is 0 Å². The molecule has 1 aliphatic rings. The quantitative estimate of drug-likeness (QED) is 0.799. The van der Waals surface area contributed by atoms with E-state index in [-0.39, 0.29) is 5.78 Å². The molecule has 2 aromatic rings. The monoisotopic (exact) mass is 266 g/mol. The summed E-state index contributed by atoms with van der Waals surface area (Å²) in [5, 5.41) is 0. The van der Waals surface area contributed by atoms with Gasteiger partial charge in [-0.1, -0.05) is 24.3 Å². The molecule has 0 N–H and O–H groups in total. The average Bonchev–Trinajstić information content (AvgIpc) is 2.48. The van der Waals surface area contributed by atoms with E-state index in [2.05, 4.69) is 34.2 Å². The zero-order valence-electron chi connectivity index (χ0n) is 11.7. The van der Waals surface area contributed by atoms with Crippen molar-refractivity contribution in [3.8, 4) is 0 Å². The van der Waals surface area contributed by atoms with E-state index >= 15 is 0 Å². The molecule has 0 saturated carbocycles. The minimum absolute atomic E-state index is 0.0479. The highest BCUT2D eigenvalue weighted by atomic mass is 16.1. The topological polar surface area (TPSA) is 42.9 Å². The van der Waals surface area contributed by atoms with Crippen LogP contribution in [0.25, 0.3) is 0 Å². The Balaban J connectivity index is 1.79. The molecule has 0 saturated heterocycles. The van der Waals surface area contributed by atoms with E-state index in [0.29, 0.717) is 18.2 Å². The summed E-state index contributed by atoms with van der Waals surface area (Å²) in [5.41, 5.74) is 3.70. The molecule has 1 heterocycles. The molecule has 3 rings (SSSR count). The van der Waals surface area contributed by atoms with Crippen molar-refractivity contribution in [2.24, 2.45) is 0 Å². The Morgan fingerprint density at radius 3 is 2.80 bits per heavy atom. The number of hydrogen-bond acceptors (Lipinski definition) is 3. The number of benzene rings is 1. The maximum atomic E-state index is 12.3. The second kappa shape index (κ2) is 5.53. The normalized spacial score (nSPS) is 17.6. The predicted octanol–water partition coefficient (Wildman–Crippen LogP) is 3.48. The smallest absolute Gasteiger partial charge is 0.200 e. The number of aryl methyl sites for hydroxylation is 2. The van der Waals surface area contributed by atoms with Crippen molar-refractivity contribution < 1.29 is 4.79 Å². The molecule has 3 heteroatoms. The van der Waals surface area contributed by atoms with Gasteiger partial charge in [0.1, 0.15) is 0 Å². The molecule has 0 bridgehead atoms. The van der Waals surface area contributed by atoms with Gasteiger partial charge in [-0.25, -0.2) is 9.97 Å². The molecule has 1 aromatic heterocycles. The minimum Gasteiger partial charge on any atom is -0.291 e. The molecule has 1 unspecified atom stereocenters. The van der Waals surface area contributed by atoms with Gasteiger partial charge >= 0.3 is 0 Å². The highest BCUT2D eigenvalue weighted by Gasteiger charge is 2.23. The van der Waals surface area contributed by atoms with E-state index in [0.717, 1.165) is 24.8 Å². The molecule has 0 amide bonds. The first kappa shape index (κ1) is 13.0. The maximum absolute atomic E-state index is 12.3. The van der Waals surface area contributed by atoms with E-state index in [9.17, 15) is 4.79 Å². The molecule has 0 spiro atoms. The van der Waals surface area contributed by atoms with E-state index in [1.54, 1.807) is 12.4 Å². The second-order valence-corrected chi connectivity index (χ2v) is 5.50. The summed E-state index contributed by atoms with van der Waals surface area (Å²) in [4.78, 5) is 20.6. The molecule has 102 valence electrons.